The van der Waals surface area contributed by atoms with Crippen LogP contribution in [0.5, 0.6) is 0 Å². The van der Waals surface area contributed by atoms with E-state index in [9.17, 15) is 4.79 Å². The van der Waals surface area contributed by atoms with Gasteiger partial charge >= 0.3 is 0 Å². The Hall–Kier alpha value is -0.570. The summed E-state index contributed by atoms with van der Waals surface area (Å²) in [7, 11) is 1.90. The summed E-state index contributed by atoms with van der Waals surface area (Å²) in [5.74, 6) is 0.386. The van der Waals surface area contributed by atoms with E-state index in [4.69, 9.17) is 0 Å². The molecule has 0 bridgehead atoms. The molecule has 3 heteroatoms. The average Bonchev–Trinajstić information content (AvgIpc) is 2.34. The van der Waals surface area contributed by atoms with Gasteiger partial charge in [-0.05, 0) is 26.8 Å². The fourth-order valence-corrected chi connectivity index (χ4v) is 2.33. The SMILES string of the molecule is CCCCCN(C(=O)C(C)CNC)C(C)CCC. The fraction of sp³-hybridized carbons (Fsp3) is 0.933. The van der Waals surface area contributed by atoms with E-state index in [1.807, 2.05) is 14.0 Å². The van der Waals surface area contributed by atoms with Crippen molar-refractivity contribution in [1.29, 1.82) is 0 Å². The Morgan fingerprint density at radius 3 is 2.33 bits per heavy atom. The molecule has 1 N–H and O–H groups in total. The average molecular weight is 256 g/mol. The second-order valence-electron chi connectivity index (χ2n) is 5.34. The molecule has 0 aliphatic carbocycles. The predicted octanol–water partition coefficient (Wildman–Crippen LogP) is 3.05. The molecule has 0 aromatic rings. The van der Waals surface area contributed by atoms with Crippen molar-refractivity contribution < 1.29 is 4.79 Å². The van der Waals surface area contributed by atoms with Crippen LogP contribution in [0.1, 0.15) is 59.8 Å². The number of amides is 1. The van der Waals surface area contributed by atoms with Gasteiger partial charge in [-0.1, -0.05) is 40.0 Å². The summed E-state index contributed by atoms with van der Waals surface area (Å²) < 4.78 is 0. The first kappa shape index (κ1) is 17.4. The lowest BCUT2D eigenvalue weighted by atomic mass is 10.1. The Kier molecular flexibility index (Phi) is 10.0. The molecule has 0 aliphatic heterocycles. The highest BCUT2D eigenvalue weighted by Crippen LogP contribution is 2.13. The van der Waals surface area contributed by atoms with Crippen molar-refractivity contribution in [2.24, 2.45) is 5.92 Å². The number of nitrogens with one attached hydrogen (secondary N) is 1. The van der Waals surface area contributed by atoms with Gasteiger partial charge in [0.1, 0.15) is 0 Å². The zero-order valence-electron chi connectivity index (χ0n) is 13.0. The van der Waals surface area contributed by atoms with E-state index in [1.165, 1.54) is 12.8 Å². The molecule has 0 fully saturated rings. The molecule has 1 amide bonds. The fourth-order valence-electron chi connectivity index (χ4n) is 2.33. The third-order valence-electron chi connectivity index (χ3n) is 3.46. The van der Waals surface area contributed by atoms with Gasteiger partial charge < -0.3 is 10.2 Å². The molecule has 0 rings (SSSR count). The van der Waals surface area contributed by atoms with Crippen molar-refractivity contribution >= 4 is 5.91 Å². The lowest BCUT2D eigenvalue weighted by Gasteiger charge is -2.31. The minimum Gasteiger partial charge on any atom is -0.340 e. The van der Waals surface area contributed by atoms with Crippen LogP contribution in [0.3, 0.4) is 0 Å². The van der Waals surface area contributed by atoms with E-state index in [0.29, 0.717) is 11.9 Å². The van der Waals surface area contributed by atoms with Crippen molar-refractivity contribution in [3.63, 3.8) is 0 Å². The summed E-state index contributed by atoms with van der Waals surface area (Å²) in [5.41, 5.74) is 0. The molecular weight excluding hydrogens is 224 g/mol. The number of hydrogen-bond acceptors (Lipinski definition) is 2. The van der Waals surface area contributed by atoms with Crippen LogP contribution in [0.4, 0.5) is 0 Å². The highest BCUT2D eigenvalue weighted by atomic mass is 16.2. The molecule has 0 saturated heterocycles. The quantitative estimate of drug-likeness (QED) is 0.609. The van der Waals surface area contributed by atoms with Gasteiger partial charge in [0, 0.05) is 25.0 Å². The summed E-state index contributed by atoms with van der Waals surface area (Å²) in [6, 6.07) is 0.374. The maximum absolute atomic E-state index is 12.4. The molecule has 2 atom stereocenters. The molecule has 3 nitrogen and oxygen atoms in total. The van der Waals surface area contributed by atoms with E-state index < -0.39 is 0 Å². The van der Waals surface area contributed by atoms with Gasteiger partial charge in [0.15, 0.2) is 0 Å². The van der Waals surface area contributed by atoms with Crippen LogP contribution in [0, 0.1) is 5.92 Å². The largest absolute Gasteiger partial charge is 0.340 e. The second-order valence-corrected chi connectivity index (χ2v) is 5.34. The van der Waals surface area contributed by atoms with E-state index in [0.717, 1.165) is 32.4 Å². The van der Waals surface area contributed by atoms with Gasteiger partial charge in [0.05, 0.1) is 0 Å². The van der Waals surface area contributed by atoms with E-state index in [2.05, 4.69) is 31.0 Å². The summed E-state index contributed by atoms with van der Waals surface area (Å²) in [6.07, 6.45) is 5.78. The number of carbonyl (C=O) groups excluding carboxylic acids is 1. The Labute approximate surface area is 113 Å². The van der Waals surface area contributed by atoms with Gasteiger partial charge in [-0.2, -0.15) is 0 Å². The Morgan fingerprint density at radius 2 is 1.83 bits per heavy atom. The monoisotopic (exact) mass is 256 g/mol. The van der Waals surface area contributed by atoms with Gasteiger partial charge in [-0.15, -0.1) is 0 Å². The van der Waals surface area contributed by atoms with Crippen LogP contribution in [0.2, 0.25) is 0 Å². The summed E-state index contributed by atoms with van der Waals surface area (Å²) in [4.78, 5) is 14.5. The Bertz CT molecular complexity index is 219. The lowest BCUT2D eigenvalue weighted by molar-refractivity contribution is -0.137. The molecular formula is C15H32N2O. The van der Waals surface area contributed by atoms with Crippen LogP contribution in [0.25, 0.3) is 0 Å². The maximum atomic E-state index is 12.4. The van der Waals surface area contributed by atoms with Crippen LogP contribution in [-0.4, -0.2) is 37.0 Å². The van der Waals surface area contributed by atoms with Crippen LogP contribution in [-0.2, 0) is 4.79 Å². The third-order valence-corrected chi connectivity index (χ3v) is 3.46. The van der Waals surface area contributed by atoms with E-state index in [1.54, 1.807) is 0 Å². The van der Waals surface area contributed by atoms with Gasteiger partial charge in [-0.3, -0.25) is 4.79 Å². The molecule has 0 radical (unpaired) electrons. The molecule has 108 valence electrons. The third kappa shape index (κ3) is 6.39. The number of hydrogen-bond donors (Lipinski definition) is 1. The van der Waals surface area contributed by atoms with E-state index >= 15 is 0 Å². The Balaban J connectivity index is 4.47. The lowest BCUT2D eigenvalue weighted by Crippen LogP contribution is -2.44. The number of carbonyl (C=O) groups is 1. The van der Waals surface area contributed by atoms with Gasteiger partial charge in [0.25, 0.3) is 0 Å². The van der Waals surface area contributed by atoms with Crippen molar-refractivity contribution in [3.8, 4) is 0 Å². The zero-order chi connectivity index (χ0) is 14.0. The predicted molar refractivity (Wildman–Crippen MR) is 78.7 cm³/mol. The van der Waals surface area contributed by atoms with Crippen LogP contribution >= 0.6 is 0 Å². The second kappa shape index (κ2) is 10.4. The summed E-state index contributed by atoms with van der Waals surface area (Å²) in [6.45, 7) is 10.3. The van der Waals surface area contributed by atoms with E-state index in [-0.39, 0.29) is 5.92 Å². The van der Waals surface area contributed by atoms with Gasteiger partial charge in [0.2, 0.25) is 5.91 Å². The molecule has 0 spiro atoms. The highest BCUT2D eigenvalue weighted by molar-refractivity contribution is 5.79. The minimum absolute atomic E-state index is 0.0796. The highest BCUT2D eigenvalue weighted by Gasteiger charge is 2.23. The molecule has 0 heterocycles. The summed E-state index contributed by atoms with van der Waals surface area (Å²) in [5, 5.41) is 3.09. The molecule has 0 aliphatic rings. The van der Waals surface area contributed by atoms with Crippen molar-refractivity contribution in [3.05, 3.63) is 0 Å². The summed E-state index contributed by atoms with van der Waals surface area (Å²) >= 11 is 0. The first-order valence-corrected chi connectivity index (χ1v) is 7.53. The van der Waals surface area contributed by atoms with Crippen molar-refractivity contribution in [1.82, 2.24) is 10.2 Å². The topological polar surface area (TPSA) is 32.3 Å². The standard InChI is InChI=1S/C15H32N2O/c1-6-8-9-11-17(14(4)10-7-2)15(18)13(3)12-16-5/h13-14,16H,6-12H2,1-5H3. The zero-order valence-corrected chi connectivity index (χ0v) is 13.0. The Morgan fingerprint density at radius 1 is 1.17 bits per heavy atom. The molecule has 0 aromatic heterocycles. The molecule has 0 saturated carbocycles. The first-order valence-electron chi connectivity index (χ1n) is 7.53. The van der Waals surface area contributed by atoms with Crippen LogP contribution < -0.4 is 5.32 Å². The number of unbranched alkanes of at least 4 members (excludes halogenated alkanes) is 2. The normalized spacial score (nSPS) is 14.3. The minimum atomic E-state index is 0.0796. The van der Waals surface area contributed by atoms with Crippen molar-refractivity contribution in [2.45, 2.75) is 65.8 Å². The smallest absolute Gasteiger partial charge is 0.226 e. The van der Waals surface area contributed by atoms with Crippen LogP contribution in [0.15, 0.2) is 0 Å². The molecule has 2 unspecified atom stereocenters. The van der Waals surface area contributed by atoms with Gasteiger partial charge in [-0.25, -0.2) is 0 Å². The number of rotatable bonds is 10. The molecule has 0 aromatic carbocycles. The molecule has 18 heavy (non-hydrogen) atoms. The number of nitrogens with zero attached hydrogens (tertiary/aromatic N) is 1. The maximum Gasteiger partial charge on any atom is 0.226 e. The first-order chi connectivity index (χ1) is 8.58. The van der Waals surface area contributed by atoms with Crippen molar-refractivity contribution in [2.75, 3.05) is 20.1 Å².